The summed E-state index contributed by atoms with van der Waals surface area (Å²) in [6, 6.07) is 14.7. The molecule has 2 aromatic carbocycles. The fourth-order valence-corrected chi connectivity index (χ4v) is 2.31. The average molecular weight is 340 g/mol. The summed E-state index contributed by atoms with van der Waals surface area (Å²) in [5, 5.41) is 5.49. The molecule has 1 atom stereocenters. The lowest BCUT2D eigenvalue weighted by atomic mass is 9.99. The van der Waals surface area contributed by atoms with Crippen molar-refractivity contribution in [3.63, 3.8) is 0 Å². The van der Waals surface area contributed by atoms with Gasteiger partial charge in [0.25, 0.3) is 5.91 Å². The lowest BCUT2D eigenvalue weighted by molar-refractivity contribution is -0.118. The van der Waals surface area contributed by atoms with Crippen molar-refractivity contribution in [2.24, 2.45) is 0 Å². The number of ether oxygens (including phenoxy) is 1. The number of nitrogens with one attached hydrogen (secondary N) is 2. The van der Waals surface area contributed by atoms with Gasteiger partial charge in [-0.3, -0.25) is 9.59 Å². The van der Waals surface area contributed by atoms with Gasteiger partial charge in [0.2, 0.25) is 5.91 Å². The standard InChI is InChI=1S/C20H24N2O3/c1-4-14(2)16-5-7-18(8-6-16)22-20(24)13-25-19-11-9-17(10-12-19)21-15(3)23/h5-12,14H,4,13H2,1-3H3,(H,21,23)(H,22,24). The minimum Gasteiger partial charge on any atom is -0.484 e. The number of rotatable bonds is 7. The highest BCUT2D eigenvalue weighted by atomic mass is 16.5. The van der Waals surface area contributed by atoms with E-state index in [1.807, 2.05) is 24.3 Å². The van der Waals surface area contributed by atoms with E-state index < -0.39 is 0 Å². The van der Waals surface area contributed by atoms with Crippen molar-refractivity contribution in [1.29, 1.82) is 0 Å². The second-order valence-electron chi connectivity index (χ2n) is 5.97. The molecule has 5 nitrogen and oxygen atoms in total. The summed E-state index contributed by atoms with van der Waals surface area (Å²) in [4.78, 5) is 22.9. The van der Waals surface area contributed by atoms with Crippen LogP contribution in [0.2, 0.25) is 0 Å². The molecule has 132 valence electrons. The molecule has 0 heterocycles. The zero-order valence-corrected chi connectivity index (χ0v) is 14.8. The van der Waals surface area contributed by atoms with Gasteiger partial charge in [-0.2, -0.15) is 0 Å². The molecule has 0 fully saturated rings. The Kier molecular flexibility index (Phi) is 6.57. The Bertz CT molecular complexity index is 709. The molecule has 0 saturated carbocycles. The van der Waals surface area contributed by atoms with E-state index in [0.717, 1.165) is 12.1 Å². The number of hydrogen-bond donors (Lipinski definition) is 2. The van der Waals surface area contributed by atoms with E-state index in [2.05, 4.69) is 24.5 Å². The maximum absolute atomic E-state index is 12.0. The van der Waals surface area contributed by atoms with E-state index in [1.165, 1.54) is 12.5 Å². The van der Waals surface area contributed by atoms with Gasteiger partial charge in [-0.05, 0) is 54.3 Å². The van der Waals surface area contributed by atoms with Gasteiger partial charge in [-0.15, -0.1) is 0 Å². The third-order valence-corrected chi connectivity index (χ3v) is 3.92. The molecule has 2 N–H and O–H groups in total. The van der Waals surface area contributed by atoms with Crippen molar-refractivity contribution < 1.29 is 14.3 Å². The highest BCUT2D eigenvalue weighted by molar-refractivity contribution is 5.92. The normalized spacial score (nSPS) is 11.5. The maximum Gasteiger partial charge on any atom is 0.262 e. The molecule has 0 aliphatic heterocycles. The predicted molar refractivity (Wildman–Crippen MR) is 100 cm³/mol. The molecule has 0 bridgehead atoms. The SMILES string of the molecule is CCC(C)c1ccc(NC(=O)COc2ccc(NC(C)=O)cc2)cc1. The first-order chi connectivity index (χ1) is 12.0. The Morgan fingerprint density at radius 3 is 2.08 bits per heavy atom. The summed E-state index contributed by atoms with van der Waals surface area (Å²) in [6.45, 7) is 5.70. The Balaban J connectivity index is 1.83. The quantitative estimate of drug-likeness (QED) is 0.795. The minimum atomic E-state index is -0.220. The lowest BCUT2D eigenvalue weighted by Crippen LogP contribution is -2.20. The van der Waals surface area contributed by atoms with Gasteiger partial charge in [0, 0.05) is 18.3 Å². The van der Waals surface area contributed by atoms with Gasteiger partial charge in [-0.25, -0.2) is 0 Å². The summed E-state index contributed by atoms with van der Waals surface area (Å²) >= 11 is 0. The third-order valence-electron chi connectivity index (χ3n) is 3.92. The number of benzene rings is 2. The predicted octanol–water partition coefficient (Wildman–Crippen LogP) is 4.18. The van der Waals surface area contributed by atoms with Gasteiger partial charge in [0.1, 0.15) is 5.75 Å². The van der Waals surface area contributed by atoms with Crippen molar-refractivity contribution >= 4 is 23.2 Å². The molecule has 25 heavy (non-hydrogen) atoms. The van der Waals surface area contributed by atoms with Crippen molar-refractivity contribution in [3.8, 4) is 5.75 Å². The Labute approximate surface area is 148 Å². The molecule has 0 radical (unpaired) electrons. The molecule has 0 aromatic heterocycles. The third kappa shape index (κ3) is 5.95. The number of amides is 2. The molecule has 5 heteroatoms. The fourth-order valence-electron chi connectivity index (χ4n) is 2.31. The highest BCUT2D eigenvalue weighted by Crippen LogP contribution is 2.20. The van der Waals surface area contributed by atoms with Crippen molar-refractivity contribution in [3.05, 3.63) is 54.1 Å². The zero-order valence-electron chi connectivity index (χ0n) is 14.8. The van der Waals surface area contributed by atoms with Gasteiger partial charge >= 0.3 is 0 Å². The van der Waals surface area contributed by atoms with E-state index >= 15 is 0 Å². The lowest BCUT2D eigenvalue weighted by Gasteiger charge is -2.11. The molecule has 2 amide bonds. The summed E-state index contributed by atoms with van der Waals surface area (Å²) in [5.41, 5.74) is 2.70. The van der Waals surface area contributed by atoms with Crippen LogP contribution in [0, 0.1) is 0 Å². The maximum atomic E-state index is 12.0. The van der Waals surface area contributed by atoms with Gasteiger partial charge in [0.05, 0.1) is 0 Å². The topological polar surface area (TPSA) is 67.4 Å². The van der Waals surface area contributed by atoms with Gasteiger partial charge in [-0.1, -0.05) is 26.0 Å². The summed E-state index contributed by atoms with van der Waals surface area (Å²) in [7, 11) is 0. The summed E-state index contributed by atoms with van der Waals surface area (Å²) in [6.07, 6.45) is 1.08. The van der Waals surface area contributed by atoms with Crippen LogP contribution < -0.4 is 15.4 Å². The smallest absolute Gasteiger partial charge is 0.262 e. The molecule has 1 unspecified atom stereocenters. The molecule has 2 rings (SSSR count). The van der Waals surface area contributed by atoms with Crippen LogP contribution in [-0.4, -0.2) is 18.4 Å². The Hall–Kier alpha value is -2.82. The van der Waals surface area contributed by atoms with Gasteiger partial charge in [0.15, 0.2) is 6.61 Å². The van der Waals surface area contributed by atoms with Crippen LogP contribution in [0.25, 0.3) is 0 Å². The first kappa shape index (κ1) is 18.5. The van der Waals surface area contributed by atoms with E-state index in [4.69, 9.17) is 4.74 Å². The number of hydrogen-bond acceptors (Lipinski definition) is 3. The first-order valence-corrected chi connectivity index (χ1v) is 8.38. The molecular formula is C20H24N2O3. The Morgan fingerprint density at radius 1 is 0.960 bits per heavy atom. The molecular weight excluding hydrogens is 316 g/mol. The molecule has 0 saturated heterocycles. The average Bonchev–Trinajstić information content (AvgIpc) is 2.60. The van der Waals surface area contributed by atoms with Crippen LogP contribution in [0.4, 0.5) is 11.4 Å². The summed E-state index contributed by atoms with van der Waals surface area (Å²) < 4.78 is 5.45. The second-order valence-corrected chi connectivity index (χ2v) is 5.97. The largest absolute Gasteiger partial charge is 0.484 e. The van der Waals surface area contributed by atoms with Crippen LogP contribution >= 0.6 is 0 Å². The first-order valence-electron chi connectivity index (χ1n) is 8.38. The van der Waals surface area contributed by atoms with Crippen molar-refractivity contribution in [1.82, 2.24) is 0 Å². The molecule has 0 aliphatic carbocycles. The van der Waals surface area contributed by atoms with Crippen LogP contribution in [0.15, 0.2) is 48.5 Å². The van der Waals surface area contributed by atoms with Crippen LogP contribution in [-0.2, 0) is 9.59 Å². The van der Waals surface area contributed by atoms with E-state index in [9.17, 15) is 9.59 Å². The number of anilines is 2. The van der Waals surface area contributed by atoms with Gasteiger partial charge < -0.3 is 15.4 Å². The summed E-state index contributed by atoms with van der Waals surface area (Å²) in [5.74, 6) is 0.722. The van der Waals surface area contributed by atoms with Crippen molar-refractivity contribution in [2.45, 2.75) is 33.1 Å². The molecule has 0 aliphatic rings. The van der Waals surface area contributed by atoms with E-state index in [-0.39, 0.29) is 18.4 Å². The second kappa shape index (κ2) is 8.87. The van der Waals surface area contributed by atoms with Crippen LogP contribution in [0.5, 0.6) is 5.75 Å². The van der Waals surface area contributed by atoms with Crippen LogP contribution in [0.1, 0.15) is 38.7 Å². The molecule has 2 aromatic rings. The van der Waals surface area contributed by atoms with Crippen LogP contribution in [0.3, 0.4) is 0 Å². The minimum absolute atomic E-state index is 0.0768. The fraction of sp³-hybridized carbons (Fsp3) is 0.300. The monoisotopic (exact) mass is 340 g/mol. The highest BCUT2D eigenvalue weighted by Gasteiger charge is 2.06. The molecule has 0 spiro atoms. The number of carbonyl (C=O) groups is 2. The number of carbonyl (C=O) groups excluding carboxylic acids is 2. The van der Waals surface area contributed by atoms with Crippen molar-refractivity contribution in [2.75, 3.05) is 17.2 Å². The zero-order chi connectivity index (χ0) is 18.2. The Morgan fingerprint density at radius 2 is 1.52 bits per heavy atom. The van der Waals surface area contributed by atoms with E-state index in [0.29, 0.717) is 17.4 Å². The van der Waals surface area contributed by atoms with E-state index in [1.54, 1.807) is 24.3 Å².